The molecule has 0 saturated heterocycles. The number of benzene rings is 1. The molecule has 126 valence electrons. The van der Waals surface area contributed by atoms with Gasteiger partial charge in [-0.1, -0.05) is 23.7 Å². The minimum atomic E-state index is -0.970. The van der Waals surface area contributed by atoms with Crippen LogP contribution in [0.2, 0.25) is 5.15 Å². The fraction of sp³-hybridized carbons (Fsp3) is 0.235. The van der Waals surface area contributed by atoms with E-state index in [0.717, 1.165) is 5.56 Å². The van der Waals surface area contributed by atoms with Crippen LogP contribution in [0.1, 0.15) is 22.8 Å². The number of halogens is 2. The summed E-state index contributed by atoms with van der Waals surface area (Å²) in [6, 6.07) is 9.04. The molecule has 5 nitrogen and oxygen atoms in total. The third kappa shape index (κ3) is 5.03. The van der Waals surface area contributed by atoms with E-state index in [-0.39, 0.29) is 16.5 Å². The average Bonchev–Trinajstić information content (AvgIpc) is 2.56. The van der Waals surface area contributed by atoms with Crippen LogP contribution in [0.5, 0.6) is 0 Å². The summed E-state index contributed by atoms with van der Waals surface area (Å²) in [6.45, 7) is 1.81. The molecule has 0 bridgehead atoms. The molecule has 1 heterocycles. The monoisotopic (exact) mass is 350 g/mol. The molecule has 1 amide bonds. The summed E-state index contributed by atoms with van der Waals surface area (Å²) < 4.78 is 17.9. The van der Waals surface area contributed by atoms with Gasteiger partial charge in [0.1, 0.15) is 11.0 Å². The van der Waals surface area contributed by atoms with Crippen molar-refractivity contribution in [2.24, 2.45) is 0 Å². The number of aromatic nitrogens is 1. The Hall–Kier alpha value is -2.47. The van der Waals surface area contributed by atoms with Gasteiger partial charge in [0, 0.05) is 12.7 Å². The van der Waals surface area contributed by atoms with E-state index in [4.69, 9.17) is 16.3 Å². The number of nitrogens with one attached hydrogen (secondary N) is 1. The molecular formula is C17H16ClFN2O3. The van der Waals surface area contributed by atoms with Gasteiger partial charge in [-0.3, -0.25) is 4.79 Å². The molecule has 1 N–H and O–H groups in total. The van der Waals surface area contributed by atoms with Crippen molar-refractivity contribution in [3.8, 4) is 0 Å². The molecule has 0 aliphatic rings. The Balaban J connectivity index is 1.80. The van der Waals surface area contributed by atoms with E-state index in [1.165, 1.54) is 31.3 Å². The van der Waals surface area contributed by atoms with E-state index in [9.17, 15) is 14.0 Å². The van der Waals surface area contributed by atoms with Crippen molar-refractivity contribution in [3.63, 3.8) is 0 Å². The first-order chi connectivity index (χ1) is 11.5. The molecule has 2 aromatic rings. The first kappa shape index (κ1) is 17.9. The van der Waals surface area contributed by atoms with Crippen LogP contribution in [-0.4, -0.2) is 29.5 Å². The highest BCUT2D eigenvalue weighted by atomic mass is 35.5. The second-order valence-electron chi connectivity index (χ2n) is 5.06. The molecule has 0 fully saturated rings. The number of nitrogens with zero attached hydrogens (tertiary/aromatic N) is 1. The Kier molecular flexibility index (Phi) is 6.26. The Labute approximate surface area is 143 Å². The van der Waals surface area contributed by atoms with Crippen LogP contribution in [-0.2, 0) is 16.0 Å². The number of hydrogen-bond acceptors (Lipinski definition) is 4. The molecule has 1 aromatic heterocycles. The Morgan fingerprint density at radius 3 is 2.67 bits per heavy atom. The van der Waals surface area contributed by atoms with E-state index in [1.807, 2.05) is 0 Å². The maximum atomic E-state index is 12.8. The average molecular weight is 351 g/mol. The second-order valence-corrected chi connectivity index (χ2v) is 5.41. The van der Waals surface area contributed by atoms with Gasteiger partial charge < -0.3 is 10.1 Å². The lowest BCUT2D eigenvalue weighted by molar-refractivity contribution is -0.129. The number of hydrogen-bond donors (Lipinski definition) is 1. The molecule has 7 heteroatoms. The molecule has 24 heavy (non-hydrogen) atoms. The van der Waals surface area contributed by atoms with Crippen LogP contribution in [0.4, 0.5) is 4.39 Å². The minimum absolute atomic E-state index is 0.0198. The number of carbonyl (C=O) groups excluding carboxylic acids is 2. The highest BCUT2D eigenvalue weighted by molar-refractivity contribution is 6.32. The summed E-state index contributed by atoms with van der Waals surface area (Å²) in [5, 5.41) is 2.68. The SMILES string of the molecule is C[C@H](OC(=O)c1cccnc1Cl)C(=O)NCCc1ccc(F)cc1. The Bertz CT molecular complexity index is 722. The number of carbonyl (C=O) groups is 2. The zero-order valence-electron chi connectivity index (χ0n) is 13.0. The second kappa shape index (κ2) is 8.40. The zero-order chi connectivity index (χ0) is 17.5. The van der Waals surface area contributed by atoms with Crippen LogP contribution >= 0.6 is 11.6 Å². The van der Waals surface area contributed by atoms with E-state index in [0.29, 0.717) is 13.0 Å². The smallest absolute Gasteiger partial charge is 0.342 e. The topological polar surface area (TPSA) is 68.3 Å². The summed E-state index contributed by atoms with van der Waals surface area (Å²) in [5.41, 5.74) is 0.994. The van der Waals surface area contributed by atoms with Crippen molar-refractivity contribution in [3.05, 3.63) is 64.7 Å². The van der Waals surface area contributed by atoms with E-state index in [2.05, 4.69) is 10.3 Å². The summed E-state index contributed by atoms with van der Waals surface area (Å²) in [6.07, 6.45) is 1.02. The largest absolute Gasteiger partial charge is 0.449 e. The van der Waals surface area contributed by atoms with Gasteiger partial charge in [0.2, 0.25) is 0 Å². The molecule has 0 saturated carbocycles. The van der Waals surface area contributed by atoms with Crippen molar-refractivity contribution in [1.29, 1.82) is 0 Å². The predicted octanol–water partition coefficient (Wildman–Crippen LogP) is 2.78. The predicted molar refractivity (Wildman–Crippen MR) is 87.2 cm³/mol. The van der Waals surface area contributed by atoms with E-state index < -0.39 is 18.0 Å². The lowest BCUT2D eigenvalue weighted by Crippen LogP contribution is -2.37. The van der Waals surface area contributed by atoms with Gasteiger partial charge >= 0.3 is 5.97 Å². The number of ether oxygens (including phenoxy) is 1. The number of esters is 1. The van der Waals surface area contributed by atoms with Crippen LogP contribution < -0.4 is 5.32 Å². The van der Waals surface area contributed by atoms with Gasteiger partial charge in [-0.25, -0.2) is 14.2 Å². The van der Waals surface area contributed by atoms with Crippen molar-refractivity contribution in [2.75, 3.05) is 6.54 Å². The third-order valence-corrected chi connectivity index (χ3v) is 3.56. The number of rotatable bonds is 6. The maximum Gasteiger partial charge on any atom is 0.342 e. The van der Waals surface area contributed by atoms with Crippen LogP contribution in [0.3, 0.4) is 0 Å². The summed E-state index contributed by atoms with van der Waals surface area (Å²) >= 11 is 5.81. The summed E-state index contributed by atoms with van der Waals surface area (Å²) in [5.74, 6) is -1.45. The quantitative estimate of drug-likeness (QED) is 0.642. The molecule has 0 unspecified atom stereocenters. The standard InChI is InChI=1S/C17H16ClFN2O3/c1-11(24-17(23)14-3-2-9-20-15(14)18)16(22)21-10-8-12-4-6-13(19)7-5-12/h2-7,9,11H,8,10H2,1H3,(H,21,22)/t11-/m0/s1. The first-order valence-electron chi connectivity index (χ1n) is 7.31. The molecule has 2 rings (SSSR count). The number of amides is 1. The van der Waals surface area contributed by atoms with Gasteiger partial charge in [-0.05, 0) is 43.2 Å². The van der Waals surface area contributed by atoms with Crippen LogP contribution in [0, 0.1) is 5.82 Å². The highest BCUT2D eigenvalue weighted by Gasteiger charge is 2.20. The fourth-order valence-electron chi connectivity index (χ4n) is 1.94. The molecule has 0 radical (unpaired) electrons. The molecule has 0 spiro atoms. The van der Waals surface area contributed by atoms with Crippen LogP contribution in [0.15, 0.2) is 42.6 Å². The molecule has 0 aliphatic carbocycles. The van der Waals surface area contributed by atoms with E-state index in [1.54, 1.807) is 18.2 Å². The van der Waals surface area contributed by atoms with Gasteiger partial charge in [0.25, 0.3) is 5.91 Å². The minimum Gasteiger partial charge on any atom is -0.449 e. The third-order valence-electron chi connectivity index (χ3n) is 3.26. The first-order valence-corrected chi connectivity index (χ1v) is 7.69. The number of pyridine rings is 1. The van der Waals surface area contributed by atoms with Crippen molar-refractivity contribution < 1.29 is 18.7 Å². The fourth-order valence-corrected chi connectivity index (χ4v) is 2.14. The molecule has 1 atom stereocenters. The van der Waals surface area contributed by atoms with Crippen molar-refractivity contribution in [1.82, 2.24) is 10.3 Å². The molecular weight excluding hydrogens is 335 g/mol. The molecule has 0 aliphatic heterocycles. The van der Waals surface area contributed by atoms with E-state index >= 15 is 0 Å². The summed E-state index contributed by atoms with van der Waals surface area (Å²) in [4.78, 5) is 27.7. The van der Waals surface area contributed by atoms with Crippen LogP contribution in [0.25, 0.3) is 0 Å². The zero-order valence-corrected chi connectivity index (χ0v) is 13.7. The molecule has 1 aromatic carbocycles. The van der Waals surface area contributed by atoms with Gasteiger partial charge in [-0.2, -0.15) is 0 Å². The van der Waals surface area contributed by atoms with Gasteiger partial charge in [0.15, 0.2) is 6.10 Å². The van der Waals surface area contributed by atoms with Crippen molar-refractivity contribution >= 4 is 23.5 Å². The lowest BCUT2D eigenvalue weighted by atomic mass is 10.1. The van der Waals surface area contributed by atoms with Gasteiger partial charge in [0.05, 0.1) is 5.56 Å². The Morgan fingerprint density at radius 1 is 1.29 bits per heavy atom. The van der Waals surface area contributed by atoms with Gasteiger partial charge in [-0.15, -0.1) is 0 Å². The maximum absolute atomic E-state index is 12.8. The summed E-state index contributed by atoms with van der Waals surface area (Å²) in [7, 11) is 0. The lowest BCUT2D eigenvalue weighted by Gasteiger charge is -2.13. The Morgan fingerprint density at radius 2 is 2.00 bits per heavy atom. The van der Waals surface area contributed by atoms with Crippen molar-refractivity contribution in [2.45, 2.75) is 19.4 Å². The normalized spacial score (nSPS) is 11.6. The highest BCUT2D eigenvalue weighted by Crippen LogP contribution is 2.13.